The van der Waals surface area contributed by atoms with Crippen molar-refractivity contribution in [3.8, 4) is 0 Å². The molecule has 2 heteroatoms. The van der Waals surface area contributed by atoms with Crippen LogP contribution in [0.15, 0.2) is 0 Å². The molecule has 0 fully saturated rings. The van der Waals surface area contributed by atoms with Crippen LogP contribution in [0.3, 0.4) is 0 Å². The van der Waals surface area contributed by atoms with Crippen molar-refractivity contribution in [2.75, 3.05) is 6.61 Å². The van der Waals surface area contributed by atoms with E-state index in [0.29, 0.717) is 0 Å². The highest BCUT2D eigenvalue weighted by atomic mass is 28.4. The minimum Gasteiger partial charge on any atom is -0.417 e. The molecule has 0 aliphatic carbocycles. The molecule has 1 nitrogen and oxygen atoms in total. The molecule has 54 heavy (non-hydrogen) atoms. The van der Waals surface area contributed by atoms with E-state index < -0.39 is 8.32 Å². The summed E-state index contributed by atoms with van der Waals surface area (Å²) in [6, 6.07) is 4.41. The molecule has 0 aliphatic rings. The number of rotatable bonds is 49. The van der Waals surface area contributed by atoms with E-state index in [2.05, 4.69) is 27.7 Å². The molecule has 326 valence electrons. The Morgan fingerprint density at radius 1 is 0.204 bits per heavy atom. The third-order valence-corrected chi connectivity index (χ3v) is 17.5. The zero-order valence-corrected chi connectivity index (χ0v) is 39.8. The first-order valence-corrected chi connectivity index (χ1v) is 28.9. The number of hydrogen-bond donors (Lipinski definition) is 0. The summed E-state index contributed by atoms with van der Waals surface area (Å²) < 4.78 is 7.33. The van der Waals surface area contributed by atoms with Gasteiger partial charge < -0.3 is 4.43 Å². The largest absolute Gasteiger partial charge is 0.417 e. The molecule has 0 saturated carbocycles. The van der Waals surface area contributed by atoms with Gasteiger partial charge in [0, 0.05) is 6.61 Å². The molecule has 0 aliphatic heterocycles. The van der Waals surface area contributed by atoms with Crippen molar-refractivity contribution in [1.29, 1.82) is 0 Å². The lowest BCUT2D eigenvalue weighted by molar-refractivity contribution is 0.281. The summed E-state index contributed by atoms with van der Waals surface area (Å²) in [5.41, 5.74) is 0. The maximum absolute atomic E-state index is 7.33. The number of unbranched alkanes of at least 4 members (excludes halogenated alkanes) is 40. The second-order valence-corrected chi connectivity index (χ2v) is 22.6. The van der Waals surface area contributed by atoms with E-state index >= 15 is 0 Å². The predicted octanol–water partition coefficient (Wildman–Crippen LogP) is 20.2. The molecule has 0 amide bonds. The quantitative estimate of drug-likeness (QED) is 0.0442. The molecule has 0 aromatic heterocycles. The van der Waals surface area contributed by atoms with E-state index in [0.717, 1.165) is 6.61 Å². The Labute approximate surface area is 346 Å². The lowest BCUT2D eigenvalue weighted by atomic mass is 10.1. The molecule has 0 atom stereocenters. The summed E-state index contributed by atoms with van der Waals surface area (Å²) in [6.45, 7) is 10.4. The summed E-state index contributed by atoms with van der Waals surface area (Å²) in [4.78, 5) is 0. The van der Waals surface area contributed by atoms with Gasteiger partial charge in [0.05, 0.1) is 0 Å². The highest BCUT2D eigenvalue weighted by Gasteiger charge is 2.33. The van der Waals surface area contributed by atoms with Crippen LogP contribution >= 0.6 is 0 Å². The third-order valence-electron chi connectivity index (χ3n) is 12.9. The van der Waals surface area contributed by atoms with Gasteiger partial charge in [-0.15, -0.1) is 0 Å². The minimum atomic E-state index is -1.67. The van der Waals surface area contributed by atoms with Gasteiger partial charge in [-0.2, -0.15) is 0 Å². The van der Waals surface area contributed by atoms with E-state index in [1.807, 2.05) is 0 Å². The Kier molecular flexibility index (Phi) is 47.7. The van der Waals surface area contributed by atoms with Gasteiger partial charge in [-0.1, -0.05) is 304 Å². The molecule has 0 rings (SSSR count). The van der Waals surface area contributed by atoms with Crippen LogP contribution in [0.25, 0.3) is 0 Å². The zero-order valence-electron chi connectivity index (χ0n) is 38.8. The summed E-state index contributed by atoms with van der Waals surface area (Å²) >= 11 is 0. The zero-order chi connectivity index (χ0) is 39.1. The van der Waals surface area contributed by atoms with Crippen molar-refractivity contribution in [1.82, 2.24) is 0 Å². The van der Waals surface area contributed by atoms with Crippen LogP contribution < -0.4 is 0 Å². The van der Waals surface area contributed by atoms with Gasteiger partial charge in [-0.25, -0.2) is 0 Å². The van der Waals surface area contributed by atoms with Crippen LogP contribution in [0.4, 0.5) is 0 Å². The van der Waals surface area contributed by atoms with Gasteiger partial charge in [0.2, 0.25) is 0 Å². The van der Waals surface area contributed by atoms with Crippen LogP contribution in [-0.4, -0.2) is 14.9 Å². The van der Waals surface area contributed by atoms with Crippen LogP contribution in [0.1, 0.15) is 310 Å². The van der Waals surface area contributed by atoms with Crippen molar-refractivity contribution < 1.29 is 4.43 Å². The van der Waals surface area contributed by atoms with Crippen LogP contribution in [0, 0.1) is 0 Å². The second kappa shape index (κ2) is 47.6. The van der Waals surface area contributed by atoms with Gasteiger partial charge in [-0.05, 0) is 24.6 Å². The van der Waals surface area contributed by atoms with E-state index in [4.69, 9.17) is 4.43 Å². The van der Waals surface area contributed by atoms with Crippen molar-refractivity contribution in [3.63, 3.8) is 0 Å². The lowest BCUT2D eigenvalue weighted by Crippen LogP contribution is -2.38. The third kappa shape index (κ3) is 41.8. The van der Waals surface area contributed by atoms with Crippen molar-refractivity contribution in [2.45, 2.75) is 328 Å². The summed E-state index contributed by atoms with van der Waals surface area (Å²) in [5, 5.41) is 0. The first-order chi connectivity index (χ1) is 26.7. The van der Waals surface area contributed by atoms with E-state index in [9.17, 15) is 0 Å². The highest BCUT2D eigenvalue weighted by Crippen LogP contribution is 2.32. The highest BCUT2D eigenvalue weighted by molar-refractivity contribution is 6.73. The molecule has 0 spiro atoms. The first kappa shape index (κ1) is 54.2. The Bertz CT molecular complexity index is 584. The molecule has 0 aromatic carbocycles. The van der Waals surface area contributed by atoms with Crippen LogP contribution in [-0.2, 0) is 4.43 Å². The Morgan fingerprint density at radius 3 is 0.574 bits per heavy atom. The topological polar surface area (TPSA) is 9.23 Å². The van der Waals surface area contributed by atoms with Crippen molar-refractivity contribution in [3.05, 3.63) is 0 Å². The maximum atomic E-state index is 7.33. The van der Waals surface area contributed by atoms with Gasteiger partial charge in [0.15, 0.2) is 8.32 Å². The summed E-state index contributed by atoms with van der Waals surface area (Å²) in [5.74, 6) is 0. The molecule has 0 N–H and O–H groups in total. The fourth-order valence-electron chi connectivity index (χ4n) is 8.98. The minimum absolute atomic E-state index is 1.08. The molecular formula is C52H108OSi. The maximum Gasteiger partial charge on any atom is 0.192 e. The fraction of sp³-hybridized carbons (Fsp3) is 1.00. The molecule has 0 radical (unpaired) electrons. The molecule has 0 heterocycles. The van der Waals surface area contributed by atoms with Gasteiger partial charge in [0.25, 0.3) is 0 Å². The summed E-state index contributed by atoms with van der Waals surface area (Å²) in [7, 11) is -1.67. The van der Waals surface area contributed by atoms with Gasteiger partial charge in [0.1, 0.15) is 0 Å². The second-order valence-electron chi connectivity index (χ2n) is 18.4. The van der Waals surface area contributed by atoms with Crippen molar-refractivity contribution in [2.24, 2.45) is 0 Å². The van der Waals surface area contributed by atoms with Crippen molar-refractivity contribution >= 4 is 8.32 Å². The Balaban J connectivity index is 4.89. The molecule has 0 aromatic rings. The monoisotopic (exact) mass is 777 g/mol. The fourth-order valence-corrected chi connectivity index (χ4v) is 13.4. The van der Waals surface area contributed by atoms with E-state index in [-0.39, 0.29) is 0 Å². The molecule has 0 saturated heterocycles. The van der Waals surface area contributed by atoms with Gasteiger partial charge >= 0.3 is 0 Å². The predicted molar refractivity (Wildman–Crippen MR) is 252 cm³/mol. The van der Waals surface area contributed by atoms with Crippen LogP contribution in [0.5, 0.6) is 0 Å². The average molecular weight is 778 g/mol. The average Bonchev–Trinajstić information content (AvgIpc) is 3.18. The lowest BCUT2D eigenvalue weighted by Gasteiger charge is -2.32. The molecular weight excluding hydrogens is 669 g/mol. The van der Waals surface area contributed by atoms with E-state index in [1.54, 1.807) is 0 Å². The van der Waals surface area contributed by atoms with Crippen LogP contribution in [0.2, 0.25) is 18.1 Å². The standard InChI is InChI=1S/C52H108OSi/c1-5-9-13-17-21-25-29-33-37-41-45-49-53-54(50-46-42-38-34-30-26-22-18-14-10-6-2,51-47-43-39-35-31-27-23-19-15-11-7-3)52-48-44-40-36-32-28-24-20-16-12-8-4/h5-52H2,1-4H3. The number of hydrogen-bond acceptors (Lipinski definition) is 1. The smallest absolute Gasteiger partial charge is 0.192 e. The first-order valence-electron chi connectivity index (χ1n) is 26.4. The summed E-state index contributed by atoms with van der Waals surface area (Å²) in [6.07, 6.45) is 63.7. The molecule has 0 unspecified atom stereocenters. The van der Waals surface area contributed by atoms with Gasteiger partial charge in [-0.3, -0.25) is 0 Å². The molecule has 0 bridgehead atoms. The Morgan fingerprint density at radius 2 is 0.370 bits per heavy atom. The van der Waals surface area contributed by atoms with E-state index in [1.165, 1.54) is 301 Å². The normalized spacial score (nSPS) is 12.0. The SMILES string of the molecule is CCCCCCCCCCCCCO[Si](CCCCCCCCCCCCC)(CCCCCCCCCCCCC)CCCCCCCCCCCCC. The Hall–Kier alpha value is 0.177.